The SMILES string of the molecule is CCC(=O)c1cc(C(C)C)c(C)c(C(C)C)c1. The Morgan fingerprint density at radius 1 is 1.06 bits per heavy atom. The first-order valence-electron chi connectivity index (χ1n) is 6.56. The molecule has 0 aliphatic heterocycles. The van der Waals surface area contributed by atoms with Crippen molar-refractivity contribution in [2.45, 2.75) is 59.8 Å². The first kappa shape index (κ1) is 14.0. The summed E-state index contributed by atoms with van der Waals surface area (Å²) in [5.41, 5.74) is 4.86. The molecule has 1 rings (SSSR count). The van der Waals surface area contributed by atoms with Crippen LogP contribution in [0.3, 0.4) is 0 Å². The number of benzene rings is 1. The van der Waals surface area contributed by atoms with Gasteiger partial charge in [0.1, 0.15) is 0 Å². The Morgan fingerprint density at radius 3 is 1.76 bits per heavy atom. The zero-order chi connectivity index (χ0) is 13.2. The molecular weight excluding hydrogens is 208 g/mol. The summed E-state index contributed by atoms with van der Waals surface area (Å²) in [6.45, 7) is 12.8. The lowest BCUT2D eigenvalue weighted by Crippen LogP contribution is -2.05. The predicted molar refractivity (Wildman–Crippen MR) is 74.0 cm³/mol. The number of ketones is 1. The van der Waals surface area contributed by atoms with Gasteiger partial charge in [0.2, 0.25) is 0 Å². The quantitative estimate of drug-likeness (QED) is 0.679. The number of rotatable bonds is 4. The molecule has 0 unspecified atom stereocenters. The van der Waals surface area contributed by atoms with Gasteiger partial charge in [0, 0.05) is 12.0 Å². The highest BCUT2D eigenvalue weighted by Gasteiger charge is 2.14. The summed E-state index contributed by atoms with van der Waals surface area (Å²) in [6, 6.07) is 4.16. The van der Waals surface area contributed by atoms with E-state index in [4.69, 9.17) is 0 Å². The van der Waals surface area contributed by atoms with Crippen LogP contribution in [0.5, 0.6) is 0 Å². The van der Waals surface area contributed by atoms with Gasteiger partial charge in [-0.05, 0) is 47.6 Å². The third kappa shape index (κ3) is 2.96. The summed E-state index contributed by atoms with van der Waals surface area (Å²) in [5.74, 6) is 1.18. The predicted octanol–water partition coefficient (Wildman–Crippen LogP) is 4.83. The van der Waals surface area contributed by atoms with E-state index in [1.807, 2.05) is 6.92 Å². The molecule has 94 valence electrons. The van der Waals surface area contributed by atoms with Gasteiger partial charge >= 0.3 is 0 Å². The monoisotopic (exact) mass is 232 g/mol. The van der Waals surface area contributed by atoms with Gasteiger partial charge < -0.3 is 0 Å². The lowest BCUT2D eigenvalue weighted by molar-refractivity contribution is 0.0988. The van der Waals surface area contributed by atoms with Gasteiger partial charge in [0.25, 0.3) is 0 Å². The zero-order valence-electron chi connectivity index (χ0n) is 11.9. The van der Waals surface area contributed by atoms with Crippen molar-refractivity contribution < 1.29 is 4.79 Å². The normalized spacial score (nSPS) is 11.3. The second-order valence-electron chi connectivity index (χ2n) is 5.37. The highest BCUT2D eigenvalue weighted by atomic mass is 16.1. The Labute approximate surface area is 105 Å². The summed E-state index contributed by atoms with van der Waals surface area (Å²) in [7, 11) is 0. The average molecular weight is 232 g/mol. The molecule has 0 heterocycles. The van der Waals surface area contributed by atoms with E-state index in [2.05, 4.69) is 46.8 Å². The Morgan fingerprint density at radius 2 is 1.47 bits per heavy atom. The van der Waals surface area contributed by atoms with Crippen LogP contribution in [0.2, 0.25) is 0 Å². The molecule has 0 fully saturated rings. The average Bonchev–Trinajstić information content (AvgIpc) is 2.27. The molecule has 0 aromatic heterocycles. The van der Waals surface area contributed by atoms with E-state index in [1.165, 1.54) is 16.7 Å². The molecular formula is C16H24O. The van der Waals surface area contributed by atoms with Gasteiger partial charge in [-0.3, -0.25) is 4.79 Å². The Bertz CT molecular complexity index is 385. The highest BCUT2D eigenvalue weighted by Crippen LogP contribution is 2.29. The summed E-state index contributed by atoms with van der Waals surface area (Å²) in [4.78, 5) is 11.9. The van der Waals surface area contributed by atoms with E-state index < -0.39 is 0 Å². The fraction of sp³-hybridized carbons (Fsp3) is 0.562. The fourth-order valence-electron chi connectivity index (χ4n) is 2.32. The van der Waals surface area contributed by atoms with Crippen molar-refractivity contribution in [2.75, 3.05) is 0 Å². The topological polar surface area (TPSA) is 17.1 Å². The van der Waals surface area contributed by atoms with Crippen LogP contribution in [0.1, 0.15) is 79.9 Å². The van der Waals surface area contributed by atoms with E-state index in [1.54, 1.807) is 0 Å². The molecule has 0 amide bonds. The number of carbonyl (C=O) groups excluding carboxylic acids is 1. The van der Waals surface area contributed by atoms with E-state index in [-0.39, 0.29) is 5.78 Å². The van der Waals surface area contributed by atoms with Gasteiger partial charge in [-0.25, -0.2) is 0 Å². The van der Waals surface area contributed by atoms with E-state index in [0.29, 0.717) is 18.3 Å². The highest BCUT2D eigenvalue weighted by molar-refractivity contribution is 5.96. The minimum Gasteiger partial charge on any atom is -0.294 e. The minimum atomic E-state index is 0.244. The Balaban J connectivity index is 3.42. The molecule has 0 radical (unpaired) electrons. The smallest absolute Gasteiger partial charge is 0.162 e. The first-order valence-corrected chi connectivity index (χ1v) is 6.56. The molecule has 0 aliphatic rings. The summed E-state index contributed by atoms with van der Waals surface area (Å²) >= 11 is 0. The van der Waals surface area contributed by atoms with Crippen molar-refractivity contribution >= 4 is 5.78 Å². The Hall–Kier alpha value is -1.11. The van der Waals surface area contributed by atoms with E-state index in [0.717, 1.165) is 5.56 Å². The minimum absolute atomic E-state index is 0.244. The first-order chi connectivity index (χ1) is 7.88. The lowest BCUT2D eigenvalue weighted by Gasteiger charge is -2.18. The molecule has 0 saturated carbocycles. The molecule has 0 spiro atoms. The molecule has 0 bridgehead atoms. The number of hydrogen-bond donors (Lipinski definition) is 0. The van der Waals surface area contributed by atoms with Crippen LogP contribution < -0.4 is 0 Å². The second kappa shape index (κ2) is 5.48. The fourth-order valence-corrected chi connectivity index (χ4v) is 2.32. The number of hydrogen-bond acceptors (Lipinski definition) is 1. The van der Waals surface area contributed by atoms with Crippen molar-refractivity contribution in [1.29, 1.82) is 0 Å². The third-order valence-electron chi connectivity index (χ3n) is 3.38. The molecule has 1 aromatic carbocycles. The van der Waals surface area contributed by atoms with Crippen LogP contribution in [0.15, 0.2) is 12.1 Å². The zero-order valence-corrected chi connectivity index (χ0v) is 11.9. The van der Waals surface area contributed by atoms with Crippen LogP contribution in [0.25, 0.3) is 0 Å². The van der Waals surface area contributed by atoms with Crippen LogP contribution in [-0.4, -0.2) is 5.78 Å². The standard InChI is InChI=1S/C16H24O/c1-7-16(17)13-8-14(10(2)3)12(6)15(9-13)11(4)5/h8-11H,7H2,1-6H3. The van der Waals surface area contributed by atoms with Crippen molar-refractivity contribution in [3.63, 3.8) is 0 Å². The summed E-state index contributed by atoms with van der Waals surface area (Å²) < 4.78 is 0. The van der Waals surface area contributed by atoms with Crippen LogP contribution in [0, 0.1) is 6.92 Å². The molecule has 1 aromatic rings. The van der Waals surface area contributed by atoms with Crippen LogP contribution in [-0.2, 0) is 0 Å². The lowest BCUT2D eigenvalue weighted by atomic mass is 9.86. The summed E-state index contributed by atoms with van der Waals surface area (Å²) in [5, 5.41) is 0. The molecule has 0 N–H and O–H groups in total. The van der Waals surface area contributed by atoms with Gasteiger partial charge in [-0.2, -0.15) is 0 Å². The number of Topliss-reactive ketones (excluding diaryl/α,β-unsaturated/α-hetero) is 1. The van der Waals surface area contributed by atoms with Crippen molar-refractivity contribution in [2.24, 2.45) is 0 Å². The maximum Gasteiger partial charge on any atom is 0.162 e. The molecule has 1 heteroatoms. The van der Waals surface area contributed by atoms with Crippen molar-refractivity contribution in [1.82, 2.24) is 0 Å². The number of carbonyl (C=O) groups is 1. The van der Waals surface area contributed by atoms with Crippen molar-refractivity contribution in [3.05, 3.63) is 34.4 Å². The largest absolute Gasteiger partial charge is 0.294 e. The van der Waals surface area contributed by atoms with E-state index >= 15 is 0 Å². The van der Waals surface area contributed by atoms with Gasteiger partial charge in [0.15, 0.2) is 5.78 Å². The molecule has 0 saturated heterocycles. The van der Waals surface area contributed by atoms with Crippen molar-refractivity contribution in [3.8, 4) is 0 Å². The summed E-state index contributed by atoms with van der Waals surface area (Å²) in [6.07, 6.45) is 0.581. The van der Waals surface area contributed by atoms with Gasteiger partial charge in [-0.15, -0.1) is 0 Å². The maximum atomic E-state index is 11.9. The molecule has 0 atom stereocenters. The van der Waals surface area contributed by atoms with Crippen LogP contribution in [0.4, 0.5) is 0 Å². The maximum absolute atomic E-state index is 11.9. The molecule has 0 aliphatic carbocycles. The Kier molecular flexibility index (Phi) is 4.50. The van der Waals surface area contributed by atoms with Gasteiger partial charge in [-0.1, -0.05) is 34.6 Å². The van der Waals surface area contributed by atoms with Crippen LogP contribution >= 0.6 is 0 Å². The van der Waals surface area contributed by atoms with E-state index in [9.17, 15) is 4.79 Å². The molecule has 1 nitrogen and oxygen atoms in total. The third-order valence-corrected chi connectivity index (χ3v) is 3.38. The van der Waals surface area contributed by atoms with Gasteiger partial charge in [0.05, 0.1) is 0 Å². The molecule has 17 heavy (non-hydrogen) atoms. The second-order valence-corrected chi connectivity index (χ2v) is 5.37.